The molecule has 3 rings (SSSR count). The van der Waals surface area contributed by atoms with Crippen molar-refractivity contribution in [1.82, 2.24) is 14.6 Å². The summed E-state index contributed by atoms with van der Waals surface area (Å²) in [6.07, 6.45) is 1.97. The first-order chi connectivity index (χ1) is 10.5. The van der Waals surface area contributed by atoms with Gasteiger partial charge >= 0.3 is 0 Å². The quantitative estimate of drug-likeness (QED) is 0.759. The number of benzene rings is 1. The number of rotatable bonds is 4. The number of aromatic nitrogens is 3. The van der Waals surface area contributed by atoms with Gasteiger partial charge in [-0.2, -0.15) is 5.10 Å². The third-order valence-corrected chi connectivity index (χ3v) is 4.59. The number of hydrogen-bond acceptors (Lipinski definition) is 4. The van der Waals surface area contributed by atoms with Crippen molar-refractivity contribution in [2.75, 3.05) is 4.72 Å². The van der Waals surface area contributed by atoms with Gasteiger partial charge in [-0.3, -0.25) is 13.9 Å². The predicted octanol–water partition coefficient (Wildman–Crippen LogP) is 1.39. The van der Waals surface area contributed by atoms with E-state index in [1.54, 1.807) is 30.3 Å². The lowest BCUT2D eigenvalue weighted by Gasteiger charge is -2.05. The Bertz CT molecular complexity index is 974. The van der Waals surface area contributed by atoms with Crippen molar-refractivity contribution < 1.29 is 8.42 Å². The summed E-state index contributed by atoms with van der Waals surface area (Å²) in [5.74, 6) is 0.579. The number of anilines is 1. The summed E-state index contributed by atoms with van der Waals surface area (Å²) in [6.45, 7) is 1.87. The number of H-pyrrole nitrogens is 1. The molecule has 0 saturated heterocycles. The second-order valence-corrected chi connectivity index (χ2v) is 6.41. The monoisotopic (exact) mass is 318 g/mol. The minimum absolute atomic E-state index is 0.0181. The average molecular weight is 318 g/mol. The van der Waals surface area contributed by atoms with Gasteiger partial charge in [0.15, 0.2) is 0 Å². The lowest BCUT2D eigenvalue weighted by Crippen LogP contribution is -2.14. The third kappa shape index (κ3) is 2.48. The van der Waals surface area contributed by atoms with E-state index in [1.165, 1.54) is 16.7 Å². The SMILES string of the molecule is CCc1n[nH]c(=O)c2cc(S(=O)(=O)Nc3ccccc3)cn12. The zero-order chi connectivity index (χ0) is 15.7. The maximum absolute atomic E-state index is 12.4. The molecule has 0 aliphatic heterocycles. The molecule has 7 nitrogen and oxygen atoms in total. The Hall–Kier alpha value is -2.61. The van der Waals surface area contributed by atoms with Crippen LogP contribution in [0.1, 0.15) is 12.7 Å². The minimum atomic E-state index is -3.77. The van der Waals surface area contributed by atoms with E-state index >= 15 is 0 Å². The number of sulfonamides is 1. The number of aryl methyl sites for hydroxylation is 1. The van der Waals surface area contributed by atoms with Crippen molar-refractivity contribution in [3.63, 3.8) is 0 Å². The highest BCUT2D eigenvalue weighted by Gasteiger charge is 2.18. The van der Waals surface area contributed by atoms with Crippen LogP contribution in [0.2, 0.25) is 0 Å². The third-order valence-electron chi connectivity index (χ3n) is 3.24. The van der Waals surface area contributed by atoms with Crippen molar-refractivity contribution in [2.24, 2.45) is 0 Å². The number of nitrogens with one attached hydrogen (secondary N) is 2. The smallest absolute Gasteiger partial charge is 0.288 e. The maximum atomic E-state index is 12.4. The van der Waals surface area contributed by atoms with Gasteiger partial charge in [0.05, 0.1) is 0 Å². The topological polar surface area (TPSA) is 96.3 Å². The fraction of sp³-hybridized carbons (Fsp3) is 0.143. The van der Waals surface area contributed by atoms with Crippen molar-refractivity contribution in [3.8, 4) is 0 Å². The van der Waals surface area contributed by atoms with E-state index in [0.29, 0.717) is 17.9 Å². The molecule has 0 spiro atoms. The molecule has 22 heavy (non-hydrogen) atoms. The number of para-hydroxylation sites is 1. The molecule has 114 valence electrons. The normalized spacial score (nSPS) is 11.7. The molecule has 0 atom stereocenters. The highest BCUT2D eigenvalue weighted by Crippen LogP contribution is 2.18. The fourth-order valence-corrected chi connectivity index (χ4v) is 3.25. The summed E-state index contributed by atoms with van der Waals surface area (Å²) < 4.78 is 28.8. The summed E-state index contributed by atoms with van der Waals surface area (Å²) in [5.41, 5.74) is 0.277. The molecule has 0 aliphatic carbocycles. The Morgan fingerprint density at radius 1 is 1.27 bits per heavy atom. The number of aromatic amines is 1. The van der Waals surface area contributed by atoms with Gasteiger partial charge in [0.1, 0.15) is 16.2 Å². The second kappa shape index (κ2) is 5.30. The van der Waals surface area contributed by atoms with Crippen LogP contribution in [0.4, 0.5) is 5.69 Å². The van der Waals surface area contributed by atoms with E-state index in [1.807, 2.05) is 6.92 Å². The molecular weight excluding hydrogens is 304 g/mol. The van der Waals surface area contributed by atoms with E-state index in [4.69, 9.17) is 0 Å². The molecule has 0 unspecified atom stereocenters. The maximum Gasteiger partial charge on any atom is 0.288 e. The van der Waals surface area contributed by atoms with Gasteiger partial charge in [-0.1, -0.05) is 25.1 Å². The Labute approximate surface area is 126 Å². The van der Waals surface area contributed by atoms with Gasteiger partial charge < -0.3 is 0 Å². The molecule has 0 amide bonds. The van der Waals surface area contributed by atoms with E-state index in [-0.39, 0.29) is 10.4 Å². The molecule has 1 aromatic carbocycles. The summed E-state index contributed by atoms with van der Waals surface area (Å²) in [5, 5.41) is 6.28. The van der Waals surface area contributed by atoms with Crippen LogP contribution in [0, 0.1) is 0 Å². The van der Waals surface area contributed by atoms with Gasteiger partial charge in [0.2, 0.25) is 0 Å². The molecule has 2 heterocycles. The van der Waals surface area contributed by atoms with Gasteiger partial charge in [0, 0.05) is 18.3 Å². The molecule has 0 aliphatic rings. The minimum Gasteiger partial charge on any atom is -0.297 e. The predicted molar refractivity (Wildman–Crippen MR) is 82.4 cm³/mol. The summed E-state index contributed by atoms with van der Waals surface area (Å²) >= 11 is 0. The highest BCUT2D eigenvalue weighted by atomic mass is 32.2. The van der Waals surface area contributed by atoms with Gasteiger partial charge in [0.25, 0.3) is 15.6 Å². The van der Waals surface area contributed by atoms with Crippen molar-refractivity contribution in [3.05, 3.63) is 58.8 Å². The van der Waals surface area contributed by atoms with Crippen LogP contribution in [0.15, 0.2) is 52.3 Å². The number of nitrogens with zero attached hydrogens (tertiary/aromatic N) is 2. The van der Waals surface area contributed by atoms with Crippen molar-refractivity contribution in [2.45, 2.75) is 18.2 Å². The zero-order valence-corrected chi connectivity index (χ0v) is 12.6. The Morgan fingerprint density at radius 3 is 2.68 bits per heavy atom. The number of hydrogen-bond donors (Lipinski definition) is 2. The van der Waals surface area contributed by atoms with Crippen LogP contribution in [0.3, 0.4) is 0 Å². The van der Waals surface area contributed by atoms with E-state index in [2.05, 4.69) is 14.9 Å². The first kappa shape index (κ1) is 14.3. The molecule has 0 bridgehead atoms. The Balaban J connectivity index is 2.10. The first-order valence-electron chi connectivity index (χ1n) is 6.69. The van der Waals surface area contributed by atoms with Crippen LogP contribution >= 0.6 is 0 Å². The molecule has 2 N–H and O–H groups in total. The Morgan fingerprint density at radius 2 is 2.00 bits per heavy atom. The summed E-state index contributed by atoms with van der Waals surface area (Å²) in [6, 6.07) is 9.91. The second-order valence-electron chi connectivity index (χ2n) is 4.73. The molecule has 2 aromatic heterocycles. The molecule has 3 aromatic rings. The van der Waals surface area contributed by atoms with Crippen LogP contribution in [-0.4, -0.2) is 23.0 Å². The first-order valence-corrected chi connectivity index (χ1v) is 8.17. The van der Waals surface area contributed by atoms with Crippen LogP contribution in [0.5, 0.6) is 0 Å². The molecule has 0 radical (unpaired) electrons. The standard InChI is InChI=1S/C14H14N4O3S/c1-2-13-15-16-14(19)12-8-11(9-18(12)13)22(20,21)17-10-6-4-3-5-7-10/h3-9,17H,2H2,1H3,(H,16,19). The molecule has 0 saturated carbocycles. The van der Waals surface area contributed by atoms with Crippen molar-refractivity contribution >= 4 is 21.2 Å². The van der Waals surface area contributed by atoms with Gasteiger partial charge in [-0.25, -0.2) is 13.5 Å². The summed E-state index contributed by atoms with van der Waals surface area (Å²) in [7, 11) is -3.77. The molecular formula is C14H14N4O3S. The van der Waals surface area contributed by atoms with E-state index in [0.717, 1.165) is 0 Å². The fourth-order valence-electron chi connectivity index (χ4n) is 2.17. The van der Waals surface area contributed by atoms with Crippen LogP contribution in [0.25, 0.3) is 5.52 Å². The van der Waals surface area contributed by atoms with Gasteiger partial charge in [-0.05, 0) is 18.2 Å². The largest absolute Gasteiger partial charge is 0.297 e. The molecule has 8 heteroatoms. The van der Waals surface area contributed by atoms with Crippen molar-refractivity contribution in [1.29, 1.82) is 0 Å². The lowest BCUT2D eigenvalue weighted by molar-refractivity contribution is 0.601. The summed E-state index contributed by atoms with van der Waals surface area (Å²) in [4.78, 5) is 11.8. The molecule has 0 fully saturated rings. The highest BCUT2D eigenvalue weighted by molar-refractivity contribution is 7.92. The van der Waals surface area contributed by atoms with Gasteiger partial charge in [-0.15, -0.1) is 0 Å². The van der Waals surface area contributed by atoms with E-state index < -0.39 is 15.6 Å². The Kier molecular flexibility index (Phi) is 3.45. The average Bonchev–Trinajstić information content (AvgIpc) is 2.95. The zero-order valence-electron chi connectivity index (χ0n) is 11.8. The van der Waals surface area contributed by atoms with E-state index in [9.17, 15) is 13.2 Å². The number of fused-ring (bicyclic) bond motifs is 1. The van der Waals surface area contributed by atoms with Crippen LogP contribution in [-0.2, 0) is 16.4 Å². The lowest BCUT2D eigenvalue weighted by atomic mass is 10.3. The van der Waals surface area contributed by atoms with Crippen LogP contribution < -0.4 is 10.3 Å².